The lowest BCUT2D eigenvalue weighted by Gasteiger charge is -2.27. The Bertz CT molecular complexity index is 703. The second kappa shape index (κ2) is 6.22. The van der Waals surface area contributed by atoms with E-state index in [0.29, 0.717) is 17.7 Å². The van der Waals surface area contributed by atoms with Crippen molar-refractivity contribution in [2.24, 2.45) is 0 Å². The fourth-order valence-electron chi connectivity index (χ4n) is 3.54. The number of carbonyl (C=O) groups is 1. The topological polar surface area (TPSA) is 75.7 Å². The molecule has 2 atom stereocenters. The number of fused-ring (bicyclic) bond motifs is 2. The van der Waals surface area contributed by atoms with E-state index in [9.17, 15) is 13.2 Å². The quantitative estimate of drug-likeness (QED) is 0.841. The van der Waals surface area contributed by atoms with E-state index in [-0.39, 0.29) is 17.0 Å². The molecule has 0 spiro atoms. The lowest BCUT2D eigenvalue weighted by Crippen LogP contribution is -2.42. The van der Waals surface area contributed by atoms with Crippen molar-refractivity contribution < 1.29 is 17.9 Å². The Balaban J connectivity index is 2.01. The van der Waals surface area contributed by atoms with Crippen LogP contribution in [0.25, 0.3) is 0 Å². The third-order valence-electron chi connectivity index (χ3n) is 4.78. The van der Waals surface area contributed by atoms with E-state index >= 15 is 0 Å². The molecule has 7 heteroatoms. The largest absolute Gasteiger partial charge is 0.465 e. The van der Waals surface area contributed by atoms with Crippen LogP contribution < -0.4 is 5.32 Å². The van der Waals surface area contributed by atoms with Crippen LogP contribution in [-0.2, 0) is 14.8 Å². The van der Waals surface area contributed by atoms with Crippen LogP contribution in [-0.4, -0.2) is 51.0 Å². The Hall–Kier alpha value is -1.44. The van der Waals surface area contributed by atoms with Crippen LogP contribution >= 0.6 is 0 Å². The minimum absolute atomic E-state index is 0.00428. The predicted octanol–water partition coefficient (Wildman–Crippen LogP) is 1.30. The van der Waals surface area contributed by atoms with Gasteiger partial charge < -0.3 is 10.1 Å². The first-order valence-electron chi connectivity index (χ1n) is 7.88. The van der Waals surface area contributed by atoms with Crippen LogP contribution in [0.4, 0.5) is 0 Å². The maximum Gasteiger partial charge on any atom is 0.338 e. The standard InChI is InChI=1S/C16H22N2O4S/c1-11-3-6-14(9-15(11)16(19)22-2)23(20,21)18-12-4-5-13(18)10-17-8-7-12/h3,6,9,12-13,17H,4-5,7-8,10H2,1-2H3. The van der Waals surface area contributed by atoms with Crippen molar-refractivity contribution in [3.8, 4) is 0 Å². The van der Waals surface area contributed by atoms with Gasteiger partial charge >= 0.3 is 5.97 Å². The number of carbonyl (C=O) groups excluding carboxylic acids is 1. The summed E-state index contributed by atoms with van der Waals surface area (Å²) in [6.45, 7) is 3.29. The zero-order chi connectivity index (χ0) is 16.6. The van der Waals surface area contributed by atoms with Crippen molar-refractivity contribution in [3.63, 3.8) is 0 Å². The molecule has 2 saturated heterocycles. The summed E-state index contributed by atoms with van der Waals surface area (Å²) in [5.74, 6) is -0.514. The number of hydrogen-bond acceptors (Lipinski definition) is 5. The molecule has 2 heterocycles. The van der Waals surface area contributed by atoms with Crippen molar-refractivity contribution in [2.45, 2.75) is 43.2 Å². The van der Waals surface area contributed by atoms with Gasteiger partial charge in [0.15, 0.2) is 0 Å². The number of esters is 1. The maximum absolute atomic E-state index is 13.1. The van der Waals surface area contributed by atoms with Crippen molar-refractivity contribution in [1.82, 2.24) is 9.62 Å². The van der Waals surface area contributed by atoms with Gasteiger partial charge in [0, 0.05) is 18.6 Å². The van der Waals surface area contributed by atoms with E-state index < -0.39 is 16.0 Å². The van der Waals surface area contributed by atoms with Gasteiger partial charge in [-0.25, -0.2) is 13.2 Å². The van der Waals surface area contributed by atoms with Gasteiger partial charge in [-0.2, -0.15) is 4.31 Å². The van der Waals surface area contributed by atoms with Crippen LogP contribution in [0.5, 0.6) is 0 Å². The molecule has 2 unspecified atom stereocenters. The molecule has 0 aliphatic carbocycles. The summed E-state index contributed by atoms with van der Waals surface area (Å²) < 4.78 is 32.6. The molecular formula is C16H22N2O4S. The van der Waals surface area contributed by atoms with Crippen molar-refractivity contribution in [2.75, 3.05) is 20.2 Å². The molecule has 3 rings (SSSR count). The molecule has 6 nitrogen and oxygen atoms in total. The molecule has 1 N–H and O–H groups in total. The average Bonchev–Trinajstić information content (AvgIpc) is 2.80. The lowest BCUT2D eigenvalue weighted by atomic mass is 10.1. The summed E-state index contributed by atoms with van der Waals surface area (Å²) >= 11 is 0. The summed E-state index contributed by atoms with van der Waals surface area (Å²) in [6.07, 6.45) is 2.61. The molecule has 2 aliphatic heterocycles. The second-order valence-electron chi connectivity index (χ2n) is 6.18. The van der Waals surface area contributed by atoms with Gasteiger partial charge in [-0.3, -0.25) is 0 Å². The zero-order valence-electron chi connectivity index (χ0n) is 13.4. The maximum atomic E-state index is 13.1. The Labute approximate surface area is 136 Å². The number of nitrogens with one attached hydrogen (secondary N) is 1. The van der Waals surface area contributed by atoms with Crippen molar-refractivity contribution >= 4 is 16.0 Å². The highest BCUT2D eigenvalue weighted by Gasteiger charge is 2.43. The van der Waals surface area contributed by atoms with Gasteiger partial charge in [0.05, 0.1) is 17.6 Å². The molecule has 1 aromatic carbocycles. The Morgan fingerprint density at radius 3 is 2.74 bits per heavy atom. The number of sulfonamides is 1. The highest BCUT2D eigenvalue weighted by atomic mass is 32.2. The molecule has 23 heavy (non-hydrogen) atoms. The molecular weight excluding hydrogens is 316 g/mol. The minimum Gasteiger partial charge on any atom is -0.465 e. The van der Waals surface area contributed by atoms with Crippen molar-refractivity contribution in [3.05, 3.63) is 29.3 Å². The molecule has 2 aliphatic rings. The molecule has 2 fully saturated rings. The molecule has 1 aromatic rings. The smallest absolute Gasteiger partial charge is 0.338 e. The third kappa shape index (κ3) is 2.88. The van der Waals surface area contributed by atoms with Gasteiger partial charge in [-0.05, 0) is 50.4 Å². The fourth-order valence-corrected chi connectivity index (χ4v) is 5.47. The first-order chi connectivity index (χ1) is 10.9. The summed E-state index contributed by atoms with van der Waals surface area (Å²) in [5, 5.41) is 3.30. The van der Waals surface area contributed by atoms with Gasteiger partial charge in [0.25, 0.3) is 0 Å². The number of hydrogen-bond donors (Lipinski definition) is 1. The van der Waals surface area contributed by atoms with Gasteiger partial charge in [-0.1, -0.05) is 6.07 Å². The first-order valence-corrected chi connectivity index (χ1v) is 9.32. The van der Waals surface area contributed by atoms with E-state index in [1.54, 1.807) is 23.4 Å². The molecule has 0 aromatic heterocycles. The normalized spacial score (nSPS) is 25.1. The van der Waals surface area contributed by atoms with E-state index in [2.05, 4.69) is 5.32 Å². The van der Waals surface area contributed by atoms with E-state index in [0.717, 1.165) is 25.8 Å². The third-order valence-corrected chi connectivity index (χ3v) is 6.78. The minimum atomic E-state index is -3.62. The van der Waals surface area contributed by atoms with Crippen LogP contribution in [0.2, 0.25) is 0 Å². The fraction of sp³-hybridized carbons (Fsp3) is 0.562. The number of benzene rings is 1. The van der Waals surface area contributed by atoms with Crippen molar-refractivity contribution in [1.29, 1.82) is 0 Å². The summed E-state index contributed by atoms with van der Waals surface area (Å²) in [5.41, 5.74) is 1.00. The Morgan fingerprint density at radius 2 is 2.00 bits per heavy atom. The molecule has 126 valence electrons. The van der Waals surface area contributed by atoms with Gasteiger partial charge in [0.1, 0.15) is 0 Å². The molecule has 0 amide bonds. The molecule has 0 saturated carbocycles. The Kier molecular flexibility index (Phi) is 4.44. The Morgan fingerprint density at radius 1 is 1.26 bits per heavy atom. The molecule has 2 bridgehead atoms. The number of methoxy groups -OCH3 is 1. The highest BCUT2D eigenvalue weighted by molar-refractivity contribution is 7.89. The number of ether oxygens (including phenoxy) is 1. The second-order valence-corrected chi connectivity index (χ2v) is 8.02. The summed E-state index contributed by atoms with van der Waals surface area (Å²) in [6, 6.07) is 4.72. The van der Waals surface area contributed by atoms with Crippen LogP contribution in [0.15, 0.2) is 23.1 Å². The van der Waals surface area contributed by atoms with E-state index in [1.807, 2.05) is 0 Å². The highest BCUT2D eigenvalue weighted by Crippen LogP contribution is 2.34. The number of aryl methyl sites for hydroxylation is 1. The van der Waals surface area contributed by atoms with E-state index in [1.165, 1.54) is 13.2 Å². The van der Waals surface area contributed by atoms with E-state index in [4.69, 9.17) is 4.74 Å². The SMILES string of the molecule is COC(=O)c1cc(S(=O)(=O)N2C3CCNCC2CC3)ccc1C. The van der Waals surface area contributed by atoms with Gasteiger partial charge in [-0.15, -0.1) is 0 Å². The average molecular weight is 338 g/mol. The zero-order valence-corrected chi connectivity index (χ0v) is 14.2. The summed E-state index contributed by atoms with van der Waals surface area (Å²) in [7, 11) is -2.32. The monoisotopic (exact) mass is 338 g/mol. The molecule has 0 radical (unpaired) electrons. The van der Waals surface area contributed by atoms with Crippen LogP contribution in [0, 0.1) is 6.92 Å². The van der Waals surface area contributed by atoms with Crippen LogP contribution in [0.3, 0.4) is 0 Å². The lowest BCUT2D eigenvalue weighted by molar-refractivity contribution is 0.0599. The first kappa shape index (κ1) is 16.4. The number of nitrogens with zero attached hydrogens (tertiary/aromatic N) is 1. The van der Waals surface area contributed by atoms with Crippen LogP contribution in [0.1, 0.15) is 35.2 Å². The number of rotatable bonds is 3. The summed E-state index contributed by atoms with van der Waals surface area (Å²) in [4.78, 5) is 12.0. The van der Waals surface area contributed by atoms with Gasteiger partial charge in [0.2, 0.25) is 10.0 Å². The predicted molar refractivity (Wildman–Crippen MR) is 85.8 cm³/mol.